The number of aromatic carboxylic acids is 1. The number of hydrogen-bond acceptors (Lipinski definition) is 4. The molecule has 78 valence electrons. The van der Waals surface area contributed by atoms with Gasteiger partial charge in [-0.2, -0.15) is 5.26 Å². The van der Waals surface area contributed by atoms with Gasteiger partial charge in [0.05, 0.1) is 18.2 Å². The van der Waals surface area contributed by atoms with Gasteiger partial charge in [0.2, 0.25) is 0 Å². The number of carboxylic acid groups (broad SMARTS) is 1. The largest absolute Gasteiger partial charge is 0.496 e. The number of hydrogen-bond donors (Lipinski definition) is 2. The highest BCUT2D eigenvalue weighted by atomic mass is 16.5. The van der Waals surface area contributed by atoms with Crippen LogP contribution in [0.1, 0.15) is 21.5 Å². The first-order valence-corrected chi connectivity index (χ1v) is 4.18. The second kappa shape index (κ2) is 4.44. The fourth-order valence-electron chi connectivity index (χ4n) is 1.24. The average molecular weight is 206 g/mol. The molecule has 3 N–H and O–H groups in total. The Morgan fingerprint density at radius 1 is 1.67 bits per heavy atom. The lowest BCUT2D eigenvalue weighted by Crippen LogP contribution is -2.06. The first-order chi connectivity index (χ1) is 7.13. The van der Waals surface area contributed by atoms with Crippen LogP contribution in [-0.4, -0.2) is 18.2 Å². The molecule has 0 saturated heterocycles. The molecule has 0 spiro atoms. The average Bonchev–Trinajstić information content (AvgIpc) is 2.26. The zero-order chi connectivity index (χ0) is 11.4. The molecule has 0 radical (unpaired) electrons. The third kappa shape index (κ3) is 2.06. The number of nitrogens with two attached hydrogens (primary N) is 1. The maximum absolute atomic E-state index is 10.8. The molecule has 0 amide bonds. The van der Waals surface area contributed by atoms with Gasteiger partial charge >= 0.3 is 5.97 Å². The van der Waals surface area contributed by atoms with E-state index in [1.807, 2.05) is 0 Å². The van der Waals surface area contributed by atoms with E-state index in [2.05, 4.69) is 0 Å². The Labute approximate surface area is 86.7 Å². The fourth-order valence-corrected chi connectivity index (χ4v) is 1.24. The molecular formula is C10H10N2O3. The van der Waals surface area contributed by atoms with Gasteiger partial charge in [-0.25, -0.2) is 4.79 Å². The lowest BCUT2D eigenvalue weighted by Gasteiger charge is -2.08. The second-order valence-corrected chi connectivity index (χ2v) is 2.83. The second-order valence-electron chi connectivity index (χ2n) is 2.83. The van der Waals surface area contributed by atoms with Crippen molar-refractivity contribution in [2.75, 3.05) is 7.11 Å². The van der Waals surface area contributed by atoms with E-state index in [4.69, 9.17) is 20.8 Å². The number of nitriles is 1. The Balaban J connectivity index is 3.42. The van der Waals surface area contributed by atoms with Gasteiger partial charge in [-0.05, 0) is 12.1 Å². The third-order valence-corrected chi connectivity index (χ3v) is 1.99. The van der Waals surface area contributed by atoms with Crippen LogP contribution in [0, 0.1) is 11.3 Å². The summed E-state index contributed by atoms with van der Waals surface area (Å²) in [5, 5.41) is 17.6. The van der Waals surface area contributed by atoms with Crippen molar-refractivity contribution in [2.45, 2.75) is 6.54 Å². The summed E-state index contributed by atoms with van der Waals surface area (Å²) in [7, 11) is 1.44. The Morgan fingerprint density at radius 3 is 2.73 bits per heavy atom. The van der Waals surface area contributed by atoms with Crippen LogP contribution in [0.15, 0.2) is 12.1 Å². The zero-order valence-corrected chi connectivity index (χ0v) is 8.15. The van der Waals surface area contributed by atoms with Crippen LogP contribution >= 0.6 is 0 Å². The van der Waals surface area contributed by atoms with Gasteiger partial charge in [0.15, 0.2) is 0 Å². The summed E-state index contributed by atoms with van der Waals surface area (Å²) in [4.78, 5) is 10.8. The molecule has 5 nitrogen and oxygen atoms in total. The van der Waals surface area contributed by atoms with Crippen molar-refractivity contribution in [3.05, 3.63) is 28.8 Å². The number of carbonyl (C=O) groups is 1. The first-order valence-electron chi connectivity index (χ1n) is 4.18. The Bertz CT molecular complexity index is 435. The van der Waals surface area contributed by atoms with E-state index in [-0.39, 0.29) is 17.7 Å². The van der Waals surface area contributed by atoms with Crippen LogP contribution in [0.3, 0.4) is 0 Å². The molecule has 0 aromatic heterocycles. The highest BCUT2D eigenvalue weighted by Crippen LogP contribution is 2.23. The van der Waals surface area contributed by atoms with E-state index in [0.717, 1.165) is 0 Å². The molecule has 1 aromatic rings. The summed E-state index contributed by atoms with van der Waals surface area (Å²) in [6.07, 6.45) is 0. The van der Waals surface area contributed by atoms with E-state index >= 15 is 0 Å². The van der Waals surface area contributed by atoms with Crippen molar-refractivity contribution >= 4 is 5.97 Å². The molecule has 15 heavy (non-hydrogen) atoms. The van der Waals surface area contributed by atoms with Gasteiger partial charge < -0.3 is 15.6 Å². The molecule has 5 heteroatoms. The molecule has 0 atom stereocenters. The summed E-state index contributed by atoms with van der Waals surface area (Å²) in [5.74, 6) is -0.719. The van der Waals surface area contributed by atoms with Crippen LogP contribution < -0.4 is 10.5 Å². The third-order valence-electron chi connectivity index (χ3n) is 1.99. The van der Waals surface area contributed by atoms with Gasteiger partial charge in [0.1, 0.15) is 11.8 Å². The van der Waals surface area contributed by atoms with E-state index in [1.54, 1.807) is 6.07 Å². The van der Waals surface area contributed by atoms with Crippen LogP contribution in [0.4, 0.5) is 0 Å². The number of methoxy groups -OCH3 is 1. The van der Waals surface area contributed by atoms with Gasteiger partial charge in [-0.1, -0.05) is 0 Å². The Hall–Kier alpha value is -2.06. The lowest BCUT2D eigenvalue weighted by atomic mass is 10.0. The number of carboxylic acids is 1. The smallest absolute Gasteiger partial charge is 0.337 e. The van der Waals surface area contributed by atoms with Gasteiger partial charge in [0, 0.05) is 12.1 Å². The van der Waals surface area contributed by atoms with Crippen molar-refractivity contribution in [2.24, 2.45) is 5.73 Å². The highest BCUT2D eigenvalue weighted by Gasteiger charge is 2.14. The highest BCUT2D eigenvalue weighted by molar-refractivity contribution is 5.91. The molecular weight excluding hydrogens is 196 g/mol. The number of rotatable bonds is 3. The van der Waals surface area contributed by atoms with E-state index < -0.39 is 5.97 Å². The van der Waals surface area contributed by atoms with Gasteiger partial charge in [0.25, 0.3) is 0 Å². The van der Waals surface area contributed by atoms with Crippen LogP contribution in [0.5, 0.6) is 5.75 Å². The minimum absolute atomic E-state index is 0.0567. The number of ether oxygens (including phenoxy) is 1. The molecule has 0 aliphatic carbocycles. The lowest BCUT2D eigenvalue weighted by molar-refractivity contribution is 0.0696. The SMILES string of the molecule is COc1cc(C#N)c(C(=O)O)cc1CN. The zero-order valence-electron chi connectivity index (χ0n) is 8.15. The minimum Gasteiger partial charge on any atom is -0.496 e. The van der Waals surface area contributed by atoms with E-state index in [0.29, 0.717) is 11.3 Å². The van der Waals surface area contributed by atoms with Crippen LogP contribution in [0.2, 0.25) is 0 Å². The quantitative estimate of drug-likeness (QED) is 0.759. The van der Waals surface area contributed by atoms with Crippen molar-refractivity contribution in [3.8, 4) is 11.8 Å². The monoisotopic (exact) mass is 206 g/mol. The molecule has 0 bridgehead atoms. The summed E-state index contributed by atoms with van der Waals surface area (Å²) in [6.45, 7) is 0.162. The van der Waals surface area contributed by atoms with E-state index in [9.17, 15) is 4.79 Å². The maximum Gasteiger partial charge on any atom is 0.337 e. The first kappa shape index (κ1) is 11.0. The Kier molecular flexibility index (Phi) is 3.26. The maximum atomic E-state index is 10.8. The summed E-state index contributed by atoms with van der Waals surface area (Å²) in [5.41, 5.74) is 6.00. The van der Waals surface area contributed by atoms with Crippen molar-refractivity contribution in [1.29, 1.82) is 5.26 Å². The molecule has 1 rings (SSSR count). The standard InChI is InChI=1S/C10H10N2O3/c1-15-9-3-6(4-11)8(10(13)14)2-7(9)5-12/h2-3H,5,12H2,1H3,(H,13,14). The van der Waals surface area contributed by atoms with Gasteiger partial charge in [-0.15, -0.1) is 0 Å². The minimum atomic E-state index is -1.15. The summed E-state index contributed by atoms with van der Waals surface area (Å²) >= 11 is 0. The van der Waals surface area contributed by atoms with Crippen LogP contribution in [-0.2, 0) is 6.54 Å². The topological polar surface area (TPSA) is 96.3 Å². The molecule has 0 saturated carbocycles. The van der Waals surface area contributed by atoms with Crippen molar-refractivity contribution in [1.82, 2.24) is 0 Å². The molecule has 0 aliphatic heterocycles. The Morgan fingerprint density at radius 2 is 2.33 bits per heavy atom. The molecule has 0 unspecified atom stereocenters. The number of nitrogens with zero attached hydrogens (tertiary/aromatic N) is 1. The molecule has 0 fully saturated rings. The molecule has 0 heterocycles. The fraction of sp³-hybridized carbons (Fsp3) is 0.200. The van der Waals surface area contributed by atoms with Crippen LogP contribution in [0.25, 0.3) is 0 Å². The predicted molar refractivity (Wildman–Crippen MR) is 52.6 cm³/mol. The van der Waals surface area contributed by atoms with Crippen molar-refractivity contribution < 1.29 is 14.6 Å². The van der Waals surface area contributed by atoms with Gasteiger partial charge in [-0.3, -0.25) is 0 Å². The number of benzene rings is 1. The molecule has 1 aromatic carbocycles. The summed E-state index contributed by atoms with van der Waals surface area (Å²) < 4.78 is 4.99. The van der Waals surface area contributed by atoms with Crippen molar-refractivity contribution in [3.63, 3.8) is 0 Å². The van der Waals surface area contributed by atoms with E-state index in [1.165, 1.54) is 19.2 Å². The molecule has 0 aliphatic rings. The summed E-state index contributed by atoms with van der Waals surface area (Å²) in [6, 6.07) is 4.54. The predicted octanol–water partition coefficient (Wildman–Crippen LogP) is 0.724. The normalized spacial score (nSPS) is 9.40.